The van der Waals surface area contributed by atoms with Crippen molar-refractivity contribution in [1.82, 2.24) is 4.90 Å². The van der Waals surface area contributed by atoms with E-state index in [1.165, 1.54) is 20.1 Å². The van der Waals surface area contributed by atoms with Gasteiger partial charge in [-0.3, -0.25) is 19.7 Å². The van der Waals surface area contributed by atoms with Crippen LogP contribution in [-0.4, -0.2) is 54.9 Å². The van der Waals surface area contributed by atoms with Gasteiger partial charge in [-0.15, -0.1) is 0 Å². The van der Waals surface area contributed by atoms with Crippen LogP contribution in [-0.2, 0) is 4.79 Å². The molecule has 1 fully saturated rings. The van der Waals surface area contributed by atoms with Gasteiger partial charge in [0.05, 0.1) is 17.7 Å². The highest BCUT2D eigenvalue weighted by atomic mass is 16.6. The molecule has 2 aromatic carbocycles. The number of anilines is 2. The minimum atomic E-state index is -0.493. The zero-order valence-corrected chi connectivity index (χ0v) is 16.3. The summed E-state index contributed by atoms with van der Waals surface area (Å²) in [6, 6.07) is 11.3. The van der Waals surface area contributed by atoms with Gasteiger partial charge < -0.3 is 19.9 Å². The molecule has 1 saturated heterocycles. The molecule has 0 unspecified atom stereocenters. The van der Waals surface area contributed by atoms with Crippen molar-refractivity contribution in [2.75, 3.05) is 43.5 Å². The zero-order chi connectivity index (χ0) is 21.0. The lowest BCUT2D eigenvalue weighted by Crippen LogP contribution is -2.48. The largest absolute Gasteiger partial charge is 0.495 e. The van der Waals surface area contributed by atoms with Crippen LogP contribution in [0.5, 0.6) is 5.75 Å². The molecule has 1 aliphatic heterocycles. The van der Waals surface area contributed by atoms with E-state index >= 15 is 0 Å². The first-order valence-corrected chi connectivity index (χ1v) is 9.14. The number of ether oxygens (including phenoxy) is 1. The van der Waals surface area contributed by atoms with E-state index in [4.69, 9.17) is 4.74 Å². The molecule has 1 aliphatic rings. The molecule has 0 radical (unpaired) electrons. The molecule has 0 aromatic heterocycles. The highest BCUT2D eigenvalue weighted by Crippen LogP contribution is 2.31. The number of nitrogens with one attached hydrogen (secondary N) is 1. The van der Waals surface area contributed by atoms with Crippen LogP contribution < -0.4 is 15.0 Å². The molecule has 0 atom stereocenters. The first kappa shape index (κ1) is 20.1. The number of nitro benzene ring substituents is 1. The van der Waals surface area contributed by atoms with Crippen molar-refractivity contribution >= 4 is 28.9 Å². The second-order valence-electron chi connectivity index (χ2n) is 6.61. The molecule has 0 spiro atoms. The summed E-state index contributed by atoms with van der Waals surface area (Å²) >= 11 is 0. The molecule has 0 saturated carbocycles. The van der Waals surface area contributed by atoms with Crippen LogP contribution in [0.3, 0.4) is 0 Å². The number of carbonyl (C=O) groups is 2. The maximum absolute atomic E-state index is 12.6. The summed E-state index contributed by atoms with van der Waals surface area (Å²) in [6.45, 7) is 3.50. The number of benzene rings is 2. The van der Waals surface area contributed by atoms with Crippen molar-refractivity contribution in [3.8, 4) is 5.75 Å². The Morgan fingerprint density at radius 2 is 1.79 bits per heavy atom. The maximum atomic E-state index is 12.6. The molecule has 1 heterocycles. The normalized spacial score (nSPS) is 13.7. The average Bonchev–Trinajstić information content (AvgIpc) is 2.73. The number of methoxy groups -OCH3 is 1. The molecule has 152 valence electrons. The molecule has 2 amide bonds. The number of rotatable bonds is 5. The maximum Gasteiger partial charge on any atom is 0.293 e. The van der Waals surface area contributed by atoms with Crippen LogP contribution in [0.15, 0.2) is 42.5 Å². The third-order valence-electron chi connectivity index (χ3n) is 4.86. The van der Waals surface area contributed by atoms with E-state index in [9.17, 15) is 19.7 Å². The van der Waals surface area contributed by atoms with Crippen molar-refractivity contribution in [2.45, 2.75) is 6.92 Å². The number of piperazine rings is 1. The molecule has 9 nitrogen and oxygen atoms in total. The fourth-order valence-electron chi connectivity index (χ4n) is 3.28. The monoisotopic (exact) mass is 398 g/mol. The molecule has 29 heavy (non-hydrogen) atoms. The fraction of sp³-hybridized carbons (Fsp3) is 0.300. The minimum Gasteiger partial charge on any atom is -0.495 e. The SMILES string of the molecule is COc1ccccc1NC(=O)c1ccc(N2CCN(C(C)=O)CC2)c([N+](=O)[O-])c1. The Morgan fingerprint density at radius 1 is 1.10 bits per heavy atom. The van der Waals surface area contributed by atoms with Gasteiger partial charge >= 0.3 is 0 Å². The smallest absolute Gasteiger partial charge is 0.293 e. The van der Waals surface area contributed by atoms with Gasteiger partial charge in [-0.05, 0) is 24.3 Å². The zero-order valence-electron chi connectivity index (χ0n) is 16.3. The first-order valence-electron chi connectivity index (χ1n) is 9.14. The summed E-state index contributed by atoms with van der Waals surface area (Å²) in [5.74, 6) is 0.0170. The number of carbonyl (C=O) groups excluding carboxylic acids is 2. The van der Waals surface area contributed by atoms with Crippen molar-refractivity contribution < 1.29 is 19.2 Å². The molecule has 1 N–H and O–H groups in total. The van der Waals surface area contributed by atoms with Gasteiger partial charge in [0, 0.05) is 44.7 Å². The van der Waals surface area contributed by atoms with Crippen LogP contribution in [0.4, 0.5) is 17.1 Å². The average molecular weight is 398 g/mol. The summed E-state index contributed by atoms with van der Waals surface area (Å²) in [7, 11) is 1.50. The Labute approximate surface area is 168 Å². The van der Waals surface area contributed by atoms with E-state index in [0.29, 0.717) is 43.3 Å². The summed E-state index contributed by atoms with van der Waals surface area (Å²) in [4.78, 5) is 38.8. The van der Waals surface area contributed by atoms with E-state index in [2.05, 4.69) is 5.32 Å². The molecule has 3 rings (SSSR count). The van der Waals surface area contributed by atoms with Crippen molar-refractivity contribution in [3.05, 3.63) is 58.1 Å². The van der Waals surface area contributed by atoms with Crippen molar-refractivity contribution in [3.63, 3.8) is 0 Å². The third kappa shape index (κ3) is 4.45. The topological polar surface area (TPSA) is 105 Å². The molecule has 9 heteroatoms. The molecule has 2 aromatic rings. The number of nitrogens with zero attached hydrogens (tertiary/aromatic N) is 3. The number of para-hydroxylation sites is 2. The molecular weight excluding hydrogens is 376 g/mol. The quantitative estimate of drug-likeness (QED) is 0.613. The van der Waals surface area contributed by atoms with Crippen LogP contribution in [0, 0.1) is 10.1 Å². The van der Waals surface area contributed by atoms with Crippen LogP contribution in [0.2, 0.25) is 0 Å². The molecular formula is C20H22N4O5. The number of amides is 2. The lowest BCUT2D eigenvalue weighted by atomic mass is 10.1. The van der Waals surface area contributed by atoms with E-state index in [-0.39, 0.29) is 17.2 Å². The van der Waals surface area contributed by atoms with Gasteiger partial charge in [0.1, 0.15) is 11.4 Å². The highest BCUT2D eigenvalue weighted by molar-refractivity contribution is 6.05. The predicted molar refractivity (Wildman–Crippen MR) is 109 cm³/mol. The molecule has 0 aliphatic carbocycles. The number of hydrogen-bond acceptors (Lipinski definition) is 6. The Hall–Kier alpha value is -3.62. The van der Waals surface area contributed by atoms with E-state index in [1.54, 1.807) is 41.3 Å². The van der Waals surface area contributed by atoms with E-state index in [0.717, 1.165) is 0 Å². The Kier molecular flexibility index (Phi) is 5.96. The van der Waals surface area contributed by atoms with E-state index < -0.39 is 10.8 Å². The third-order valence-corrected chi connectivity index (χ3v) is 4.86. The summed E-state index contributed by atoms with van der Waals surface area (Å²) in [6.07, 6.45) is 0. The number of hydrogen-bond donors (Lipinski definition) is 1. The fourth-order valence-corrected chi connectivity index (χ4v) is 3.28. The molecule has 0 bridgehead atoms. The van der Waals surface area contributed by atoms with E-state index in [1.807, 2.05) is 4.90 Å². The van der Waals surface area contributed by atoms with Gasteiger partial charge in [-0.2, -0.15) is 0 Å². The van der Waals surface area contributed by atoms with Gasteiger partial charge in [0.15, 0.2) is 0 Å². The predicted octanol–water partition coefficient (Wildman–Crippen LogP) is 2.52. The van der Waals surface area contributed by atoms with Gasteiger partial charge in [-0.1, -0.05) is 12.1 Å². The van der Waals surface area contributed by atoms with Crippen LogP contribution in [0.25, 0.3) is 0 Å². The van der Waals surface area contributed by atoms with Crippen LogP contribution >= 0.6 is 0 Å². The minimum absolute atomic E-state index is 0.0116. The van der Waals surface area contributed by atoms with Gasteiger partial charge in [-0.25, -0.2) is 0 Å². The Balaban J connectivity index is 1.82. The summed E-state index contributed by atoms with van der Waals surface area (Å²) in [5, 5.41) is 14.4. The highest BCUT2D eigenvalue weighted by Gasteiger charge is 2.26. The van der Waals surface area contributed by atoms with Crippen molar-refractivity contribution in [2.24, 2.45) is 0 Å². The Bertz CT molecular complexity index is 938. The van der Waals surface area contributed by atoms with Crippen LogP contribution in [0.1, 0.15) is 17.3 Å². The lowest BCUT2D eigenvalue weighted by Gasteiger charge is -2.35. The standard InChI is InChI=1S/C20H22N4O5/c1-14(25)22-9-11-23(12-10-22)17-8-7-15(13-18(17)24(27)28)20(26)21-16-5-3-4-6-19(16)29-2/h3-8,13H,9-12H2,1-2H3,(H,21,26). The van der Waals surface area contributed by atoms with Crippen molar-refractivity contribution in [1.29, 1.82) is 0 Å². The second-order valence-corrected chi connectivity index (χ2v) is 6.61. The van der Waals surface area contributed by atoms with Gasteiger partial charge in [0.2, 0.25) is 5.91 Å². The lowest BCUT2D eigenvalue weighted by molar-refractivity contribution is -0.384. The summed E-state index contributed by atoms with van der Waals surface area (Å²) in [5.41, 5.74) is 0.946. The first-order chi connectivity index (χ1) is 13.9. The second kappa shape index (κ2) is 8.59. The summed E-state index contributed by atoms with van der Waals surface area (Å²) < 4.78 is 5.21. The van der Waals surface area contributed by atoms with Gasteiger partial charge in [0.25, 0.3) is 11.6 Å². The Morgan fingerprint density at radius 3 is 2.41 bits per heavy atom. The number of nitro groups is 1.